The van der Waals surface area contributed by atoms with Gasteiger partial charge in [0.2, 0.25) is 0 Å². The number of hydrogen-bond acceptors (Lipinski definition) is 2. The SMILES string of the molecule is CC(C)C(C)OCc1cc(CNC2CC2)ccc1F. The van der Waals surface area contributed by atoms with Crippen molar-refractivity contribution in [3.63, 3.8) is 0 Å². The van der Waals surface area contributed by atoms with E-state index in [0.29, 0.717) is 24.1 Å². The molecule has 2 rings (SSSR count). The van der Waals surface area contributed by atoms with Crippen molar-refractivity contribution < 1.29 is 9.13 Å². The van der Waals surface area contributed by atoms with Gasteiger partial charge in [0.15, 0.2) is 0 Å². The van der Waals surface area contributed by atoms with Crippen LogP contribution in [0.2, 0.25) is 0 Å². The predicted molar refractivity (Wildman–Crippen MR) is 75.4 cm³/mol. The van der Waals surface area contributed by atoms with Crippen molar-refractivity contribution in [3.8, 4) is 0 Å². The summed E-state index contributed by atoms with van der Waals surface area (Å²) in [5.41, 5.74) is 1.78. The smallest absolute Gasteiger partial charge is 0.128 e. The lowest BCUT2D eigenvalue weighted by molar-refractivity contribution is 0.0221. The summed E-state index contributed by atoms with van der Waals surface area (Å²) < 4.78 is 19.4. The van der Waals surface area contributed by atoms with Crippen molar-refractivity contribution in [3.05, 3.63) is 35.1 Å². The van der Waals surface area contributed by atoms with Crippen molar-refractivity contribution in [2.24, 2.45) is 5.92 Å². The highest BCUT2D eigenvalue weighted by Gasteiger charge is 2.20. The molecule has 0 aromatic heterocycles. The van der Waals surface area contributed by atoms with E-state index in [1.165, 1.54) is 12.8 Å². The van der Waals surface area contributed by atoms with Crippen LogP contribution >= 0.6 is 0 Å². The first-order chi connectivity index (χ1) is 9.06. The molecule has 19 heavy (non-hydrogen) atoms. The standard InChI is InChI=1S/C16H24FNO/c1-11(2)12(3)19-10-14-8-13(4-7-16(14)17)9-18-15-5-6-15/h4,7-8,11-12,15,18H,5-6,9-10H2,1-3H3. The van der Waals surface area contributed by atoms with Gasteiger partial charge in [0.25, 0.3) is 0 Å². The van der Waals surface area contributed by atoms with E-state index >= 15 is 0 Å². The quantitative estimate of drug-likeness (QED) is 0.812. The number of hydrogen-bond donors (Lipinski definition) is 1. The molecule has 1 aliphatic carbocycles. The normalized spacial score (nSPS) is 16.9. The van der Waals surface area contributed by atoms with Gasteiger partial charge in [0.05, 0.1) is 12.7 Å². The van der Waals surface area contributed by atoms with Crippen LogP contribution in [0.25, 0.3) is 0 Å². The van der Waals surface area contributed by atoms with Crippen LogP contribution in [0.3, 0.4) is 0 Å². The maximum absolute atomic E-state index is 13.7. The van der Waals surface area contributed by atoms with Crippen LogP contribution in [0.5, 0.6) is 0 Å². The number of halogens is 1. The monoisotopic (exact) mass is 265 g/mol. The molecule has 3 heteroatoms. The molecule has 0 amide bonds. The lowest BCUT2D eigenvalue weighted by atomic mass is 10.1. The van der Waals surface area contributed by atoms with Gasteiger partial charge in [-0.05, 0) is 43.4 Å². The van der Waals surface area contributed by atoms with Crippen LogP contribution in [-0.4, -0.2) is 12.1 Å². The van der Waals surface area contributed by atoms with Crippen LogP contribution in [0.4, 0.5) is 4.39 Å². The van der Waals surface area contributed by atoms with E-state index < -0.39 is 0 Å². The molecule has 2 nitrogen and oxygen atoms in total. The number of rotatable bonds is 7. The molecule has 0 heterocycles. The Morgan fingerprint density at radius 3 is 2.68 bits per heavy atom. The van der Waals surface area contributed by atoms with E-state index in [-0.39, 0.29) is 11.9 Å². The second-order valence-electron chi connectivity index (χ2n) is 5.84. The molecule has 0 spiro atoms. The number of benzene rings is 1. The summed E-state index contributed by atoms with van der Waals surface area (Å²) in [6.45, 7) is 7.41. The first kappa shape index (κ1) is 14.5. The molecule has 1 aromatic rings. The van der Waals surface area contributed by atoms with Crippen molar-refractivity contribution in [2.75, 3.05) is 0 Å². The summed E-state index contributed by atoms with van der Waals surface area (Å²) in [6, 6.07) is 5.98. The summed E-state index contributed by atoms with van der Waals surface area (Å²) >= 11 is 0. The first-order valence-electron chi connectivity index (χ1n) is 7.18. The number of ether oxygens (including phenoxy) is 1. The first-order valence-corrected chi connectivity index (χ1v) is 7.18. The van der Waals surface area contributed by atoms with E-state index in [1.807, 2.05) is 19.1 Å². The van der Waals surface area contributed by atoms with Crippen LogP contribution in [-0.2, 0) is 17.9 Å². The minimum absolute atomic E-state index is 0.146. The Balaban J connectivity index is 1.91. The summed E-state index contributed by atoms with van der Waals surface area (Å²) in [5, 5.41) is 3.44. The van der Waals surface area contributed by atoms with Crippen LogP contribution in [0, 0.1) is 11.7 Å². The highest BCUT2D eigenvalue weighted by molar-refractivity contribution is 5.24. The molecule has 1 N–H and O–H groups in total. The maximum Gasteiger partial charge on any atom is 0.128 e. The van der Waals surface area contributed by atoms with E-state index in [0.717, 1.165) is 12.1 Å². The Hall–Kier alpha value is -0.930. The van der Waals surface area contributed by atoms with Gasteiger partial charge in [-0.25, -0.2) is 4.39 Å². The zero-order valence-electron chi connectivity index (χ0n) is 12.1. The average Bonchev–Trinajstić information content (AvgIpc) is 3.19. The van der Waals surface area contributed by atoms with Gasteiger partial charge in [0, 0.05) is 18.2 Å². The van der Waals surface area contributed by atoms with E-state index in [4.69, 9.17) is 4.74 Å². The van der Waals surface area contributed by atoms with Gasteiger partial charge in [-0.3, -0.25) is 0 Å². The fourth-order valence-corrected chi connectivity index (χ4v) is 1.81. The molecule has 1 atom stereocenters. The molecule has 0 aliphatic heterocycles. The topological polar surface area (TPSA) is 21.3 Å². The average molecular weight is 265 g/mol. The minimum atomic E-state index is -0.175. The summed E-state index contributed by atoms with van der Waals surface area (Å²) in [7, 11) is 0. The molecule has 1 aromatic carbocycles. The lowest BCUT2D eigenvalue weighted by Crippen LogP contribution is -2.17. The summed E-state index contributed by atoms with van der Waals surface area (Å²) in [5.74, 6) is 0.272. The fourth-order valence-electron chi connectivity index (χ4n) is 1.81. The molecule has 1 saturated carbocycles. The predicted octanol–water partition coefficient (Wildman–Crippen LogP) is 3.64. The lowest BCUT2D eigenvalue weighted by Gasteiger charge is -2.17. The Morgan fingerprint density at radius 2 is 2.05 bits per heavy atom. The molecular formula is C16H24FNO. The van der Waals surface area contributed by atoms with Crippen LogP contribution in [0.15, 0.2) is 18.2 Å². The van der Waals surface area contributed by atoms with Crippen molar-refractivity contribution in [1.29, 1.82) is 0 Å². The highest BCUT2D eigenvalue weighted by Crippen LogP contribution is 2.20. The Labute approximate surface area is 115 Å². The highest BCUT2D eigenvalue weighted by atomic mass is 19.1. The third-order valence-electron chi connectivity index (χ3n) is 3.72. The van der Waals surface area contributed by atoms with Crippen molar-refractivity contribution >= 4 is 0 Å². The second kappa shape index (κ2) is 6.49. The Morgan fingerprint density at radius 1 is 1.32 bits per heavy atom. The molecule has 1 unspecified atom stereocenters. The minimum Gasteiger partial charge on any atom is -0.373 e. The molecule has 106 valence electrons. The molecular weight excluding hydrogens is 241 g/mol. The zero-order chi connectivity index (χ0) is 13.8. The van der Waals surface area contributed by atoms with Gasteiger partial charge in [-0.15, -0.1) is 0 Å². The van der Waals surface area contributed by atoms with Crippen LogP contribution < -0.4 is 5.32 Å². The zero-order valence-corrected chi connectivity index (χ0v) is 12.1. The molecule has 0 bridgehead atoms. The van der Waals surface area contributed by atoms with E-state index in [9.17, 15) is 4.39 Å². The molecule has 0 radical (unpaired) electrons. The third-order valence-corrected chi connectivity index (χ3v) is 3.72. The fraction of sp³-hybridized carbons (Fsp3) is 0.625. The largest absolute Gasteiger partial charge is 0.373 e. The summed E-state index contributed by atoms with van der Waals surface area (Å²) in [4.78, 5) is 0. The Bertz CT molecular complexity index is 415. The Kier molecular flexibility index (Phi) is 4.94. The van der Waals surface area contributed by atoms with E-state index in [2.05, 4.69) is 19.2 Å². The number of nitrogens with one attached hydrogen (secondary N) is 1. The van der Waals surface area contributed by atoms with Gasteiger partial charge in [-0.1, -0.05) is 19.9 Å². The molecule has 1 aliphatic rings. The van der Waals surface area contributed by atoms with Gasteiger partial charge in [0.1, 0.15) is 5.82 Å². The molecule has 0 saturated heterocycles. The summed E-state index contributed by atoms with van der Waals surface area (Å²) in [6.07, 6.45) is 2.68. The molecule has 1 fully saturated rings. The van der Waals surface area contributed by atoms with Crippen molar-refractivity contribution in [2.45, 2.75) is 58.9 Å². The van der Waals surface area contributed by atoms with Crippen molar-refractivity contribution in [1.82, 2.24) is 5.32 Å². The maximum atomic E-state index is 13.7. The van der Waals surface area contributed by atoms with Gasteiger partial charge < -0.3 is 10.1 Å². The van der Waals surface area contributed by atoms with Gasteiger partial charge in [-0.2, -0.15) is 0 Å². The van der Waals surface area contributed by atoms with Gasteiger partial charge >= 0.3 is 0 Å². The van der Waals surface area contributed by atoms with Crippen LogP contribution in [0.1, 0.15) is 44.7 Å². The second-order valence-corrected chi connectivity index (χ2v) is 5.84. The third kappa shape index (κ3) is 4.59. The van der Waals surface area contributed by atoms with E-state index in [1.54, 1.807) is 6.07 Å².